The van der Waals surface area contributed by atoms with Gasteiger partial charge in [-0.3, -0.25) is 14.5 Å². The minimum Gasteiger partial charge on any atom is -0.504 e. The number of hydrogen-bond acceptors (Lipinski definition) is 7. The van der Waals surface area contributed by atoms with Gasteiger partial charge in [-0.15, -0.1) is 0 Å². The number of ether oxygens (including phenoxy) is 2. The molecular formula is C14H13NO5S2. The summed E-state index contributed by atoms with van der Waals surface area (Å²) in [6.45, 7) is -0.211. The highest BCUT2D eigenvalue weighted by atomic mass is 32.2. The molecule has 2 rings (SSSR count). The summed E-state index contributed by atoms with van der Waals surface area (Å²) in [5.41, 5.74) is 0.674. The fourth-order valence-corrected chi connectivity index (χ4v) is 3.02. The molecule has 6 nitrogen and oxygen atoms in total. The number of phenolic OH excluding ortho intramolecular Hbond substituents is 1. The number of amides is 1. The van der Waals surface area contributed by atoms with E-state index in [4.69, 9.17) is 17.0 Å². The monoisotopic (exact) mass is 339 g/mol. The number of rotatable bonds is 4. The molecule has 1 amide bonds. The van der Waals surface area contributed by atoms with Gasteiger partial charge in [0.2, 0.25) is 0 Å². The van der Waals surface area contributed by atoms with E-state index in [1.807, 2.05) is 0 Å². The summed E-state index contributed by atoms with van der Waals surface area (Å²) in [7, 11) is 2.69. The Hall–Kier alpha value is -2.06. The molecule has 0 atom stereocenters. The van der Waals surface area contributed by atoms with Crippen LogP contribution in [0.4, 0.5) is 0 Å². The molecule has 1 saturated heterocycles. The SMILES string of the molecule is COC(=O)CN1C(=O)/C(=C\c2ccc(O)c(OC)c2)SC1=S. The molecule has 0 aromatic heterocycles. The summed E-state index contributed by atoms with van der Waals surface area (Å²) < 4.78 is 9.86. The van der Waals surface area contributed by atoms with Crippen LogP contribution in [0.1, 0.15) is 5.56 Å². The standard InChI is InChI=1S/C14H13NO5S2/c1-19-10-5-8(3-4-9(10)16)6-11-13(18)15(14(21)22-11)7-12(17)20-2/h3-6,16H,7H2,1-2H3/b11-6+. The first kappa shape index (κ1) is 16.3. The van der Waals surface area contributed by atoms with Gasteiger partial charge >= 0.3 is 5.97 Å². The van der Waals surface area contributed by atoms with Crippen LogP contribution in [0, 0.1) is 0 Å². The van der Waals surface area contributed by atoms with Gasteiger partial charge in [-0.2, -0.15) is 0 Å². The van der Waals surface area contributed by atoms with Crippen molar-refractivity contribution in [2.75, 3.05) is 20.8 Å². The Morgan fingerprint density at radius 1 is 1.45 bits per heavy atom. The van der Waals surface area contributed by atoms with Crippen LogP contribution in [-0.4, -0.2) is 47.0 Å². The van der Waals surface area contributed by atoms with Crippen LogP contribution in [0.3, 0.4) is 0 Å². The summed E-state index contributed by atoms with van der Waals surface area (Å²) in [4.78, 5) is 25.1. The Labute approximate surface area is 136 Å². The highest BCUT2D eigenvalue weighted by molar-refractivity contribution is 8.26. The van der Waals surface area contributed by atoms with Crippen LogP contribution < -0.4 is 4.74 Å². The van der Waals surface area contributed by atoms with Gasteiger partial charge < -0.3 is 14.6 Å². The molecule has 22 heavy (non-hydrogen) atoms. The average Bonchev–Trinajstić information content (AvgIpc) is 2.76. The van der Waals surface area contributed by atoms with Crippen molar-refractivity contribution in [3.05, 3.63) is 28.7 Å². The predicted molar refractivity (Wildman–Crippen MR) is 86.6 cm³/mol. The van der Waals surface area contributed by atoms with Crippen LogP contribution in [0.2, 0.25) is 0 Å². The number of carbonyl (C=O) groups excluding carboxylic acids is 2. The van der Waals surface area contributed by atoms with Crippen LogP contribution in [0.5, 0.6) is 11.5 Å². The molecule has 1 N–H and O–H groups in total. The lowest BCUT2D eigenvalue weighted by molar-refractivity contribution is -0.143. The van der Waals surface area contributed by atoms with Gasteiger partial charge in [-0.25, -0.2) is 0 Å². The summed E-state index contributed by atoms with van der Waals surface area (Å²) in [6.07, 6.45) is 1.62. The van der Waals surface area contributed by atoms with E-state index in [0.29, 0.717) is 20.5 Å². The molecular weight excluding hydrogens is 326 g/mol. The number of benzene rings is 1. The Bertz CT molecular complexity index is 671. The van der Waals surface area contributed by atoms with E-state index in [-0.39, 0.29) is 18.2 Å². The van der Waals surface area contributed by atoms with Crippen molar-refractivity contribution in [1.29, 1.82) is 0 Å². The van der Waals surface area contributed by atoms with E-state index in [1.54, 1.807) is 18.2 Å². The number of hydrogen-bond donors (Lipinski definition) is 1. The molecule has 1 aromatic rings. The molecule has 0 radical (unpaired) electrons. The van der Waals surface area contributed by atoms with E-state index in [1.165, 1.54) is 25.2 Å². The fourth-order valence-electron chi connectivity index (χ4n) is 1.77. The number of thioether (sulfide) groups is 1. The normalized spacial score (nSPS) is 16.3. The molecule has 0 aliphatic carbocycles. The molecule has 0 spiro atoms. The number of methoxy groups -OCH3 is 2. The van der Waals surface area contributed by atoms with Crippen molar-refractivity contribution < 1.29 is 24.2 Å². The summed E-state index contributed by atoms with van der Waals surface area (Å²) >= 11 is 6.21. The first-order chi connectivity index (χ1) is 10.5. The lowest BCUT2D eigenvalue weighted by Crippen LogP contribution is -2.33. The lowest BCUT2D eigenvalue weighted by atomic mass is 10.2. The van der Waals surface area contributed by atoms with Crippen molar-refractivity contribution in [3.63, 3.8) is 0 Å². The number of nitrogens with zero attached hydrogens (tertiary/aromatic N) is 1. The maximum absolute atomic E-state index is 12.3. The number of phenols is 1. The van der Waals surface area contributed by atoms with Gasteiger partial charge in [0.15, 0.2) is 11.5 Å². The average molecular weight is 339 g/mol. The van der Waals surface area contributed by atoms with Crippen LogP contribution in [-0.2, 0) is 14.3 Å². The fraction of sp³-hybridized carbons (Fsp3) is 0.214. The van der Waals surface area contributed by atoms with Gasteiger partial charge in [0.05, 0.1) is 19.1 Å². The Morgan fingerprint density at radius 3 is 2.82 bits per heavy atom. The van der Waals surface area contributed by atoms with Crippen LogP contribution in [0.25, 0.3) is 6.08 Å². The van der Waals surface area contributed by atoms with Crippen LogP contribution in [0.15, 0.2) is 23.1 Å². The molecule has 8 heteroatoms. The Morgan fingerprint density at radius 2 is 2.18 bits per heavy atom. The number of carbonyl (C=O) groups is 2. The number of thiocarbonyl (C=S) groups is 1. The van der Waals surface area contributed by atoms with Crippen LogP contribution >= 0.6 is 24.0 Å². The van der Waals surface area contributed by atoms with Crippen molar-refractivity contribution in [2.45, 2.75) is 0 Å². The Kier molecular flexibility index (Phi) is 5.04. The highest BCUT2D eigenvalue weighted by Crippen LogP contribution is 2.34. The highest BCUT2D eigenvalue weighted by Gasteiger charge is 2.33. The molecule has 1 aliphatic rings. The van der Waals surface area contributed by atoms with Crippen molar-refractivity contribution in [2.24, 2.45) is 0 Å². The minimum absolute atomic E-state index is 0.0119. The minimum atomic E-state index is -0.538. The number of aromatic hydroxyl groups is 1. The van der Waals surface area contributed by atoms with Crippen molar-refractivity contribution in [1.82, 2.24) is 4.90 Å². The molecule has 1 fully saturated rings. The first-order valence-corrected chi connectivity index (χ1v) is 7.38. The predicted octanol–water partition coefficient (Wildman–Crippen LogP) is 1.77. The van der Waals surface area contributed by atoms with Gasteiger partial charge in [0.1, 0.15) is 10.9 Å². The number of esters is 1. The van der Waals surface area contributed by atoms with E-state index in [0.717, 1.165) is 11.8 Å². The van der Waals surface area contributed by atoms with E-state index in [2.05, 4.69) is 4.74 Å². The second kappa shape index (κ2) is 6.80. The smallest absolute Gasteiger partial charge is 0.325 e. The van der Waals surface area contributed by atoms with E-state index in [9.17, 15) is 14.7 Å². The maximum atomic E-state index is 12.3. The summed E-state index contributed by atoms with van der Waals surface area (Å²) in [5.74, 6) is -0.576. The largest absolute Gasteiger partial charge is 0.504 e. The zero-order valence-corrected chi connectivity index (χ0v) is 13.5. The second-order valence-electron chi connectivity index (χ2n) is 4.28. The molecule has 1 aliphatic heterocycles. The molecule has 0 bridgehead atoms. The van der Waals surface area contributed by atoms with Gasteiger partial charge in [0, 0.05) is 0 Å². The molecule has 1 heterocycles. The second-order valence-corrected chi connectivity index (χ2v) is 5.95. The summed E-state index contributed by atoms with van der Waals surface area (Å²) in [6, 6.07) is 4.72. The molecule has 0 unspecified atom stereocenters. The third-order valence-electron chi connectivity index (χ3n) is 2.89. The first-order valence-electron chi connectivity index (χ1n) is 6.15. The van der Waals surface area contributed by atoms with Gasteiger partial charge in [-0.1, -0.05) is 30.0 Å². The van der Waals surface area contributed by atoms with E-state index >= 15 is 0 Å². The zero-order valence-electron chi connectivity index (χ0n) is 11.9. The van der Waals surface area contributed by atoms with Crippen molar-refractivity contribution >= 4 is 46.3 Å². The van der Waals surface area contributed by atoms with Gasteiger partial charge in [0.25, 0.3) is 5.91 Å². The zero-order chi connectivity index (χ0) is 16.3. The lowest BCUT2D eigenvalue weighted by Gasteiger charge is -2.11. The topological polar surface area (TPSA) is 76.1 Å². The molecule has 116 valence electrons. The molecule has 0 saturated carbocycles. The molecule has 1 aromatic carbocycles. The van der Waals surface area contributed by atoms with Crippen molar-refractivity contribution in [3.8, 4) is 11.5 Å². The van der Waals surface area contributed by atoms with Gasteiger partial charge in [-0.05, 0) is 23.8 Å². The summed E-state index contributed by atoms with van der Waals surface area (Å²) in [5, 5.41) is 9.56. The maximum Gasteiger partial charge on any atom is 0.325 e. The van der Waals surface area contributed by atoms with E-state index < -0.39 is 5.97 Å². The third-order valence-corrected chi connectivity index (χ3v) is 4.27. The Balaban J connectivity index is 2.24. The third kappa shape index (κ3) is 3.40. The quantitative estimate of drug-likeness (QED) is 0.509.